The number of piperazine rings is 2. The van der Waals surface area contributed by atoms with Crippen molar-refractivity contribution < 1.29 is 52.5 Å². The normalized spacial score (nSPS) is 16.6. The number of esters is 1. The summed E-state index contributed by atoms with van der Waals surface area (Å²) in [6.45, 7) is 12.5. The van der Waals surface area contributed by atoms with Crippen LogP contribution in [0.4, 0.5) is 21.2 Å². The lowest BCUT2D eigenvalue weighted by Gasteiger charge is -2.35. The number of ether oxygens (including phenoxy) is 4. The van der Waals surface area contributed by atoms with Gasteiger partial charge in [-0.05, 0) is 56.3 Å². The number of pyridine rings is 2. The van der Waals surface area contributed by atoms with E-state index in [9.17, 15) is 24.0 Å². The van der Waals surface area contributed by atoms with Gasteiger partial charge in [0, 0.05) is 89.5 Å². The number of nitrogens with one attached hydrogen (secondary N) is 1. The molecule has 1 N–H and O–H groups in total. The standard InChI is InChI=1S/C19H21ClN6O3.C18H11ClN4O4.C8H16N2O2.CO2.CH4.ClH/c1-2-7-24-8-10-25(11-9-24)19(28)29-18-16-15(21-5-6-22-16)17(27)26(18)14-4-3-13(20)12-23-14;19-11-6-7-13(22-10-11)23-16(24)14-15(21-9-8-20-14)17(23)27-18(25)26-12-4-2-1-3-5-12;1-2-12-8(11)7-10-5-3-9-4-6-10;2-1-3;;/h3-6,12,18H,2,7-11H2,1H3;1-10,17H;9H,2-7H2,1H3;;1H4;1H. The number of hydrogen-bond donors (Lipinski definition) is 1. The van der Waals surface area contributed by atoms with Crippen molar-refractivity contribution in [2.75, 3.05) is 81.9 Å². The highest BCUT2D eigenvalue weighted by Crippen LogP contribution is 2.37. The Hall–Kier alpha value is -7.24. The lowest BCUT2D eigenvalue weighted by atomic mass is 10.3. The molecule has 4 aliphatic rings. The maximum absolute atomic E-state index is 12.9. The highest BCUT2D eigenvalue weighted by atomic mass is 35.5. The number of aromatic nitrogens is 6. The average Bonchev–Trinajstić information content (AvgIpc) is 3.81. The Bertz CT molecular complexity index is 2630. The number of rotatable bonds is 10. The van der Waals surface area contributed by atoms with E-state index in [0.29, 0.717) is 53.5 Å². The largest absolute Gasteiger partial charge is 0.516 e. The molecule has 2 unspecified atom stereocenters. The zero-order valence-corrected chi connectivity index (χ0v) is 41.2. The van der Waals surface area contributed by atoms with E-state index in [1.165, 1.54) is 53.0 Å². The van der Waals surface area contributed by atoms with E-state index >= 15 is 0 Å². The molecular formula is C47H53Cl3N12O11. The predicted molar refractivity (Wildman–Crippen MR) is 265 cm³/mol. The maximum atomic E-state index is 12.9. The number of carbonyl (C=O) groups is 5. The molecule has 2 saturated heterocycles. The van der Waals surface area contributed by atoms with Gasteiger partial charge in [-0.15, -0.1) is 12.4 Å². The Morgan fingerprint density at radius 1 is 0.685 bits per heavy atom. The van der Waals surface area contributed by atoms with Crippen LogP contribution in [0, 0.1) is 0 Å². The molecule has 73 heavy (non-hydrogen) atoms. The molecule has 0 aliphatic carbocycles. The minimum absolute atomic E-state index is 0. The SMILES string of the molecule is C.CCCN1CCN(C(=O)OC2c3nccnc3C(=O)N2c2ccc(Cl)cn2)CC1.CCOC(=O)CN1CCNCC1.Cl.O=C(Oc1ccccc1)OC1c2nccnc2C(=O)N1c1ccc(Cl)cn1.O=C=O. The van der Waals surface area contributed by atoms with Crippen LogP contribution >= 0.6 is 35.6 Å². The summed E-state index contributed by atoms with van der Waals surface area (Å²) < 4.78 is 21.1. The average molecular weight is 1070 g/mol. The molecule has 8 heterocycles. The molecule has 2 fully saturated rings. The van der Waals surface area contributed by atoms with Crippen molar-refractivity contribution in [3.05, 3.63) is 125 Å². The summed E-state index contributed by atoms with van der Waals surface area (Å²) in [6, 6.07) is 14.7. The molecule has 1 aromatic carbocycles. The van der Waals surface area contributed by atoms with E-state index in [1.54, 1.807) is 53.4 Å². The molecule has 0 saturated carbocycles. The van der Waals surface area contributed by atoms with Crippen molar-refractivity contribution in [2.24, 2.45) is 0 Å². The fourth-order valence-electron chi connectivity index (χ4n) is 7.36. The topological polar surface area (TPSA) is 262 Å². The van der Waals surface area contributed by atoms with Gasteiger partial charge in [-0.25, -0.2) is 39.3 Å². The van der Waals surface area contributed by atoms with Crippen molar-refractivity contribution in [2.45, 2.75) is 40.2 Å². The number of nitrogens with zero attached hydrogens (tertiary/aromatic N) is 11. The van der Waals surface area contributed by atoms with Crippen molar-refractivity contribution in [3.63, 3.8) is 0 Å². The zero-order chi connectivity index (χ0) is 50.7. The first kappa shape index (κ1) is 58.3. The van der Waals surface area contributed by atoms with E-state index in [4.69, 9.17) is 51.7 Å². The van der Waals surface area contributed by atoms with Crippen LogP contribution in [-0.2, 0) is 28.6 Å². The molecule has 5 aromatic rings. The lowest BCUT2D eigenvalue weighted by Crippen LogP contribution is -2.49. The molecule has 2 atom stereocenters. The van der Waals surface area contributed by atoms with E-state index in [0.717, 1.165) is 52.2 Å². The zero-order valence-electron chi connectivity index (χ0n) is 38.9. The van der Waals surface area contributed by atoms with Crippen LogP contribution in [-0.4, -0.2) is 153 Å². The number of para-hydroxylation sites is 1. The summed E-state index contributed by atoms with van der Waals surface area (Å²) in [4.78, 5) is 111. The first-order valence-electron chi connectivity index (χ1n) is 22.2. The van der Waals surface area contributed by atoms with Crippen LogP contribution in [0.3, 0.4) is 0 Å². The summed E-state index contributed by atoms with van der Waals surface area (Å²) in [5.41, 5.74) is 0.720. The highest BCUT2D eigenvalue weighted by Gasteiger charge is 2.45. The molecule has 3 amide bonds. The third-order valence-corrected chi connectivity index (χ3v) is 11.0. The molecule has 26 heteroatoms. The van der Waals surface area contributed by atoms with Crippen molar-refractivity contribution in [1.29, 1.82) is 0 Å². The molecule has 0 spiro atoms. The predicted octanol–water partition coefficient (Wildman–Crippen LogP) is 5.68. The summed E-state index contributed by atoms with van der Waals surface area (Å²) in [6.07, 6.45) is 6.16. The maximum Gasteiger partial charge on any atom is 0.516 e. The second-order valence-corrected chi connectivity index (χ2v) is 16.1. The van der Waals surface area contributed by atoms with Crippen LogP contribution in [0.25, 0.3) is 0 Å². The van der Waals surface area contributed by atoms with E-state index < -0.39 is 36.5 Å². The number of anilines is 2. The fraction of sp³-hybridized carbons (Fsp3) is 0.362. The van der Waals surface area contributed by atoms with Crippen molar-refractivity contribution in [3.8, 4) is 5.75 Å². The van der Waals surface area contributed by atoms with E-state index in [-0.39, 0.29) is 54.9 Å². The van der Waals surface area contributed by atoms with Gasteiger partial charge >= 0.3 is 24.4 Å². The molecular weight excluding hydrogens is 1010 g/mol. The van der Waals surface area contributed by atoms with Crippen molar-refractivity contribution >= 4 is 83.4 Å². The second-order valence-electron chi connectivity index (χ2n) is 15.2. The number of carbonyl (C=O) groups excluding carboxylic acids is 7. The molecule has 0 radical (unpaired) electrons. The van der Waals surface area contributed by atoms with Gasteiger partial charge in [-0.2, -0.15) is 9.59 Å². The first-order valence-corrected chi connectivity index (χ1v) is 22.9. The molecule has 4 aromatic heterocycles. The van der Waals surface area contributed by atoms with Gasteiger partial charge in [0.05, 0.1) is 23.2 Å². The van der Waals surface area contributed by atoms with Crippen LogP contribution in [0.1, 0.15) is 72.5 Å². The Kier molecular flexibility index (Phi) is 23.4. The van der Waals surface area contributed by atoms with Gasteiger partial charge in [-0.3, -0.25) is 34.2 Å². The third kappa shape index (κ3) is 15.9. The Balaban J connectivity index is 0.000000244. The van der Waals surface area contributed by atoms with E-state index in [1.807, 2.05) is 6.92 Å². The third-order valence-electron chi connectivity index (χ3n) is 10.6. The van der Waals surface area contributed by atoms with E-state index in [2.05, 4.69) is 51.9 Å². The van der Waals surface area contributed by atoms with Crippen LogP contribution in [0.2, 0.25) is 10.0 Å². The Labute approximate surface area is 436 Å². The summed E-state index contributed by atoms with van der Waals surface area (Å²) in [7, 11) is 0. The Morgan fingerprint density at radius 3 is 1.67 bits per heavy atom. The number of fused-ring (bicyclic) bond motifs is 2. The lowest BCUT2D eigenvalue weighted by molar-refractivity contribution is -0.191. The molecule has 23 nitrogen and oxygen atoms in total. The van der Waals surface area contributed by atoms with Gasteiger partial charge in [0.1, 0.15) is 28.8 Å². The number of benzene rings is 1. The number of halogens is 3. The highest BCUT2D eigenvalue weighted by molar-refractivity contribution is 6.30. The summed E-state index contributed by atoms with van der Waals surface area (Å²) >= 11 is 11.8. The van der Waals surface area contributed by atoms with Crippen molar-refractivity contribution in [1.82, 2.24) is 49.9 Å². The summed E-state index contributed by atoms with van der Waals surface area (Å²) in [5.74, 6) is -0.174. The first-order chi connectivity index (χ1) is 34.5. The minimum atomic E-state index is -1.16. The van der Waals surface area contributed by atoms with Crippen LogP contribution in [0.15, 0.2) is 91.8 Å². The second kappa shape index (κ2) is 29.3. The number of amides is 3. The molecule has 0 bridgehead atoms. The van der Waals surface area contributed by atoms with Gasteiger partial charge in [0.2, 0.25) is 12.5 Å². The van der Waals surface area contributed by atoms with Crippen LogP contribution < -0.4 is 19.9 Å². The Morgan fingerprint density at radius 2 is 1.19 bits per heavy atom. The minimum Gasteiger partial charge on any atom is -0.465 e. The van der Waals surface area contributed by atoms with Gasteiger partial charge in [0.25, 0.3) is 11.8 Å². The van der Waals surface area contributed by atoms with Gasteiger partial charge in [0.15, 0.2) is 11.4 Å². The summed E-state index contributed by atoms with van der Waals surface area (Å²) in [5, 5.41) is 4.07. The van der Waals surface area contributed by atoms with Gasteiger partial charge < -0.3 is 29.2 Å². The van der Waals surface area contributed by atoms with Gasteiger partial charge in [-0.1, -0.05) is 55.8 Å². The molecule has 4 aliphatic heterocycles. The smallest absolute Gasteiger partial charge is 0.465 e. The number of hydrogen-bond acceptors (Lipinski definition) is 20. The fourth-order valence-corrected chi connectivity index (χ4v) is 7.58. The van der Waals surface area contributed by atoms with Crippen LogP contribution in [0.5, 0.6) is 5.75 Å². The molecule has 388 valence electrons. The quantitative estimate of drug-likeness (QED) is 0.100. The monoisotopic (exact) mass is 1070 g/mol. The molecule has 9 rings (SSSR count).